The quantitative estimate of drug-likeness (QED) is 0.639. The summed E-state index contributed by atoms with van der Waals surface area (Å²) >= 11 is 0. The van der Waals surface area contributed by atoms with Crippen molar-refractivity contribution in [2.75, 3.05) is 26.4 Å². The molecule has 2 aliphatic rings. The van der Waals surface area contributed by atoms with Crippen molar-refractivity contribution in [1.82, 2.24) is 10.0 Å². The molecule has 178 valence electrons. The molecular formula is C24H30N2O6S. The highest BCUT2D eigenvalue weighted by Crippen LogP contribution is 2.32. The van der Waals surface area contributed by atoms with Gasteiger partial charge in [-0.2, -0.15) is 4.72 Å². The summed E-state index contributed by atoms with van der Waals surface area (Å²) in [5.74, 6) is 1.29. The molecule has 9 heteroatoms. The number of hydrogen-bond acceptors (Lipinski definition) is 6. The third-order valence-electron chi connectivity index (χ3n) is 5.78. The van der Waals surface area contributed by atoms with Gasteiger partial charge in [-0.05, 0) is 36.1 Å². The number of carbonyl (C=O) groups is 1. The number of amides is 1. The van der Waals surface area contributed by atoms with Gasteiger partial charge in [0, 0.05) is 24.9 Å². The molecule has 8 nitrogen and oxygen atoms in total. The second kappa shape index (κ2) is 10.0. The van der Waals surface area contributed by atoms with Crippen LogP contribution in [0, 0.1) is 11.8 Å². The van der Waals surface area contributed by atoms with E-state index in [2.05, 4.69) is 10.0 Å². The number of carbonyl (C=O) groups excluding carboxylic acids is 1. The number of nitrogens with one attached hydrogen (secondary N) is 2. The normalized spacial score (nSPS) is 18.6. The topological polar surface area (TPSA) is 103 Å². The number of hydrogen-bond donors (Lipinski definition) is 2. The van der Waals surface area contributed by atoms with Gasteiger partial charge in [0.1, 0.15) is 11.8 Å². The van der Waals surface area contributed by atoms with Gasteiger partial charge in [-0.25, -0.2) is 8.42 Å². The minimum absolute atomic E-state index is 0.0301. The zero-order chi connectivity index (χ0) is 23.4. The Kier molecular flexibility index (Phi) is 7.09. The van der Waals surface area contributed by atoms with E-state index in [1.54, 1.807) is 19.9 Å². The number of fused-ring (bicyclic) bond motifs is 2. The minimum Gasteiger partial charge on any atom is -0.493 e. The van der Waals surface area contributed by atoms with Gasteiger partial charge in [-0.15, -0.1) is 0 Å². The highest BCUT2D eigenvalue weighted by atomic mass is 32.2. The van der Waals surface area contributed by atoms with Gasteiger partial charge >= 0.3 is 0 Å². The Balaban J connectivity index is 1.41. The molecule has 2 atom stereocenters. The van der Waals surface area contributed by atoms with Crippen LogP contribution in [0.5, 0.6) is 17.2 Å². The van der Waals surface area contributed by atoms with E-state index in [1.165, 1.54) is 12.1 Å². The lowest BCUT2D eigenvalue weighted by molar-refractivity contribution is -0.123. The fourth-order valence-corrected chi connectivity index (χ4v) is 5.27. The number of para-hydroxylation sites is 1. The Hall–Kier alpha value is -2.78. The summed E-state index contributed by atoms with van der Waals surface area (Å²) in [6.45, 7) is 5.50. The molecule has 33 heavy (non-hydrogen) atoms. The van der Waals surface area contributed by atoms with Crippen LogP contribution < -0.4 is 24.2 Å². The fourth-order valence-electron chi connectivity index (χ4n) is 3.92. The lowest BCUT2D eigenvalue weighted by Crippen LogP contribution is -2.50. The van der Waals surface area contributed by atoms with Gasteiger partial charge in [0.15, 0.2) is 11.5 Å². The summed E-state index contributed by atoms with van der Waals surface area (Å²) < 4.78 is 45.6. The van der Waals surface area contributed by atoms with E-state index in [0.29, 0.717) is 37.9 Å². The SMILES string of the molecule is CC(C)C(NS(=O)(=O)c1ccc2c(c1)OCCCO2)C(=O)NCC1COc2ccccc2C1. The van der Waals surface area contributed by atoms with Gasteiger partial charge < -0.3 is 19.5 Å². The molecule has 2 aromatic rings. The van der Waals surface area contributed by atoms with Crippen molar-refractivity contribution in [3.63, 3.8) is 0 Å². The molecule has 0 aliphatic carbocycles. The number of sulfonamides is 1. The summed E-state index contributed by atoms with van der Waals surface area (Å²) in [6.07, 6.45) is 1.52. The lowest BCUT2D eigenvalue weighted by Gasteiger charge is -2.27. The van der Waals surface area contributed by atoms with E-state index in [0.717, 1.165) is 24.2 Å². The van der Waals surface area contributed by atoms with Crippen LogP contribution in [0.1, 0.15) is 25.8 Å². The second-order valence-electron chi connectivity index (χ2n) is 8.74. The highest BCUT2D eigenvalue weighted by Gasteiger charge is 2.30. The standard InChI is InChI=1S/C24H30N2O6S/c1-16(2)23(24(27)25-14-17-12-18-6-3-4-7-20(18)32-15-17)26-33(28,29)19-8-9-21-22(13-19)31-11-5-10-30-21/h3-4,6-9,13,16-17,23,26H,5,10-12,14-15H2,1-2H3,(H,25,27). The van der Waals surface area contributed by atoms with E-state index >= 15 is 0 Å². The van der Waals surface area contributed by atoms with Crippen molar-refractivity contribution >= 4 is 15.9 Å². The van der Waals surface area contributed by atoms with Gasteiger partial charge in [0.25, 0.3) is 0 Å². The Labute approximate surface area is 194 Å². The van der Waals surface area contributed by atoms with Crippen LogP contribution in [-0.4, -0.2) is 46.7 Å². The van der Waals surface area contributed by atoms with Gasteiger partial charge in [-0.1, -0.05) is 32.0 Å². The van der Waals surface area contributed by atoms with Crippen LogP contribution in [0.4, 0.5) is 0 Å². The average molecular weight is 475 g/mol. The predicted octanol–water partition coefficient (Wildman–Crippen LogP) is 2.52. The van der Waals surface area contributed by atoms with Crippen LogP contribution in [0.25, 0.3) is 0 Å². The maximum absolute atomic E-state index is 13.1. The smallest absolute Gasteiger partial charge is 0.241 e. The Bertz CT molecular complexity index is 1100. The number of rotatable bonds is 7. The molecule has 2 heterocycles. The first kappa shape index (κ1) is 23.4. The largest absolute Gasteiger partial charge is 0.493 e. The van der Waals surface area contributed by atoms with Gasteiger partial charge in [0.05, 0.1) is 24.7 Å². The highest BCUT2D eigenvalue weighted by molar-refractivity contribution is 7.89. The van der Waals surface area contributed by atoms with E-state index in [1.807, 2.05) is 24.3 Å². The second-order valence-corrected chi connectivity index (χ2v) is 10.5. The molecular weight excluding hydrogens is 444 g/mol. The Morgan fingerprint density at radius 1 is 1.03 bits per heavy atom. The third kappa shape index (κ3) is 5.59. The maximum atomic E-state index is 13.1. The van der Waals surface area contributed by atoms with E-state index in [4.69, 9.17) is 14.2 Å². The third-order valence-corrected chi connectivity index (χ3v) is 7.22. The summed E-state index contributed by atoms with van der Waals surface area (Å²) in [5, 5.41) is 2.91. The van der Waals surface area contributed by atoms with Crippen molar-refractivity contribution in [1.29, 1.82) is 0 Å². The van der Waals surface area contributed by atoms with Crippen molar-refractivity contribution in [3.05, 3.63) is 48.0 Å². The molecule has 2 unspecified atom stereocenters. The van der Waals surface area contributed by atoms with E-state index < -0.39 is 16.1 Å². The molecule has 2 N–H and O–H groups in total. The number of benzene rings is 2. The molecule has 1 amide bonds. The van der Waals surface area contributed by atoms with Crippen molar-refractivity contribution < 1.29 is 27.4 Å². The number of ether oxygens (including phenoxy) is 3. The first-order valence-corrected chi connectivity index (χ1v) is 12.7. The summed E-state index contributed by atoms with van der Waals surface area (Å²) in [4.78, 5) is 13.0. The van der Waals surface area contributed by atoms with Crippen LogP contribution in [0.3, 0.4) is 0 Å². The zero-order valence-corrected chi connectivity index (χ0v) is 19.7. The summed E-state index contributed by atoms with van der Waals surface area (Å²) in [6, 6.07) is 11.4. The molecule has 0 aromatic heterocycles. The average Bonchev–Trinajstić information content (AvgIpc) is 3.05. The molecule has 0 spiro atoms. The molecule has 0 saturated carbocycles. The molecule has 2 aromatic carbocycles. The molecule has 2 aliphatic heterocycles. The Morgan fingerprint density at radius 3 is 2.58 bits per heavy atom. The van der Waals surface area contributed by atoms with Gasteiger partial charge in [0.2, 0.25) is 15.9 Å². The maximum Gasteiger partial charge on any atom is 0.241 e. The fraction of sp³-hybridized carbons (Fsp3) is 0.458. The molecule has 0 saturated heterocycles. The summed E-state index contributed by atoms with van der Waals surface area (Å²) in [5.41, 5.74) is 1.11. The summed E-state index contributed by atoms with van der Waals surface area (Å²) in [7, 11) is -3.95. The molecule has 0 bridgehead atoms. The van der Waals surface area contributed by atoms with Crippen molar-refractivity contribution in [3.8, 4) is 17.2 Å². The molecule has 0 fully saturated rings. The minimum atomic E-state index is -3.95. The Morgan fingerprint density at radius 2 is 1.79 bits per heavy atom. The van der Waals surface area contributed by atoms with E-state index in [-0.39, 0.29) is 22.6 Å². The van der Waals surface area contributed by atoms with Crippen molar-refractivity contribution in [2.45, 2.75) is 37.6 Å². The molecule has 4 rings (SSSR count). The molecule has 0 radical (unpaired) electrons. The van der Waals surface area contributed by atoms with Crippen LogP contribution >= 0.6 is 0 Å². The first-order chi connectivity index (χ1) is 15.8. The van der Waals surface area contributed by atoms with Crippen LogP contribution in [0.2, 0.25) is 0 Å². The van der Waals surface area contributed by atoms with Crippen LogP contribution in [0.15, 0.2) is 47.4 Å². The first-order valence-electron chi connectivity index (χ1n) is 11.2. The van der Waals surface area contributed by atoms with Crippen LogP contribution in [-0.2, 0) is 21.2 Å². The van der Waals surface area contributed by atoms with E-state index in [9.17, 15) is 13.2 Å². The van der Waals surface area contributed by atoms with Gasteiger partial charge in [-0.3, -0.25) is 4.79 Å². The predicted molar refractivity (Wildman–Crippen MR) is 123 cm³/mol. The zero-order valence-electron chi connectivity index (χ0n) is 18.9. The monoisotopic (exact) mass is 474 g/mol. The van der Waals surface area contributed by atoms with Crippen molar-refractivity contribution in [2.24, 2.45) is 11.8 Å². The lowest BCUT2D eigenvalue weighted by atomic mass is 9.96.